The van der Waals surface area contributed by atoms with Gasteiger partial charge in [0.05, 0.1) is 6.61 Å². The van der Waals surface area contributed by atoms with Crippen LogP contribution in [-0.4, -0.2) is 6.61 Å². The molecule has 0 spiro atoms. The average molecular weight is 231 g/mol. The van der Waals surface area contributed by atoms with E-state index < -0.39 is 0 Å². The van der Waals surface area contributed by atoms with Gasteiger partial charge in [0.25, 0.3) is 0 Å². The van der Waals surface area contributed by atoms with E-state index in [2.05, 4.69) is 18.2 Å². The fourth-order valence-corrected chi connectivity index (χ4v) is 3.62. The molecule has 2 aliphatic carbocycles. The molecule has 92 valence electrons. The van der Waals surface area contributed by atoms with Crippen LogP contribution in [0.5, 0.6) is 5.75 Å². The highest BCUT2D eigenvalue weighted by Gasteiger charge is 2.62. The Balaban J connectivity index is 1.86. The van der Waals surface area contributed by atoms with Crippen molar-refractivity contribution >= 4 is 0 Å². The van der Waals surface area contributed by atoms with Crippen molar-refractivity contribution in [1.29, 1.82) is 0 Å². The summed E-state index contributed by atoms with van der Waals surface area (Å²) >= 11 is 0. The third kappa shape index (κ3) is 1.66. The number of ether oxygens (including phenoxy) is 1. The Bertz CT molecular complexity index is 403. The minimum Gasteiger partial charge on any atom is -0.494 e. The van der Waals surface area contributed by atoms with Crippen molar-refractivity contribution in [3.05, 3.63) is 29.8 Å². The van der Waals surface area contributed by atoms with E-state index in [0.717, 1.165) is 5.75 Å². The molecule has 0 radical (unpaired) electrons. The quantitative estimate of drug-likeness (QED) is 0.867. The van der Waals surface area contributed by atoms with E-state index in [4.69, 9.17) is 10.5 Å². The van der Waals surface area contributed by atoms with Crippen LogP contribution in [-0.2, 0) is 5.54 Å². The first kappa shape index (κ1) is 11.1. The van der Waals surface area contributed by atoms with Crippen LogP contribution in [0.15, 0.2) is 24.3 Å². The van der Waals surface area contributed by atoms with Crippen LogP contribution in [0.4, 0.5) is 0 Å². The average Bonchev–Trinajstić information content (AvgIpc) is 2.99. The molecular weight excluding hydrogens is 210 g/mol. The third-order valence-electron chi connectivity index (χ3n) is 4.53. The molecule has 17 heavy (non-hydrogen) atoms. The van der Waals surface area contributed by atoms with E-state index in [1.165, 1.54) is 31.2 Å². The molecule has 2 unspecified atom stereocenters. The maximum absolute atomic E-state index is 6.63. The van der Waals surface area contributed by atoms with Gasteiger partial charge in [0.1, 0.15) is 5.75 Å². The lowest BCUT2D eigenvalue weighted by Gasteiger charge is -2.14. The highest BCUT2D eigenvalue weighted by molar-refractivity contribution is 5.40. The van der Waals surface area contributed by atoms with Gasteiger partial charge >= 0.3 is 0 Å². The fraction of sp³-hybridized carbons (Fsp3) is 0.600. The van der Waals surface area contributed by atoms with Gasteiger partial charge in [-0.2, -0.15) is 0 Å². The van der Waals surface area contributed by atoms with Gasteiger partial charge in [-0.25, -0.2) is 0 Å². The Morgan fingerprint density at radius 3 is 2.65 bits per heavy atom. The monoisotopic (exact) mass is 231 g/mol. The van der Waals surface area contributed by atoms with Crippen LogP contribution in [0.3, 0.4) is 0 Å². The Hall–Kier alpha value is -1.02. The Morgan fingerprint density at radius 1 is 1.29 bits per heavy atom. The van der Waals surface area contributed by atoms with Crippen molar-refractivity contribution in [2.75, 3.05) is 6.61 Å². The standard InChI is InChI=1S/C15H21NO/c1-2-17-12-7-5-6-11(10-12)15(16)13-8-3-4-9-14(13)15/h5-7,10,13-14H,2-4,8-9,16H2,1H3. The van der Waals surface area contributed by atoms with Crippen molar-refractivity contribution < 1.29 is 4.74 Å². The molecular formula is C15H21NO. The molecule has 2 N–H and O–H groups in total. The second-order valence-corrected chi connectivity index (χ2v) is 5.39. The van der Waals surface area contributed by atoms with Crippen molar-refractivity contribution in [3.63, 3.8) is 0 Å². The third-order valence-corrected chi connectivity index (χ3v) is 4.53. The number of rotatable bonds is 3. The molecule has 2 fully saturated rings. The van der Waals surface area contributed by atoms with Gasteiger partial charge in [0.2, 0.25) is 0 Å². The number of hydrogen-bond acceptors (Lipinski definition) is 2. The van der Waals surface area contributed by atoms with E-state index in [-0.39, 0.29) is 5.54 Å². The minimum absolute atomic E-state index is 0.0520. The number of hydrogen-bond donors (Lipinski definition) is 1. The van der Waals surface area contributed by atoms with Crippen LogP contribution in [0.1, 0.15) is 38.2 Å². The zero-order valence-corrected chi connectivity index (χ0v) is 10.5. The maximum Gasteiger partial charge on any atom is 0.119 e. The first-order valence-electron chi connectivity index (χ1n) is 6.79. The first-order valence-corrected chi connectivity index (χ1v) is 6.79. The highest BCUT2D eigenvalue weighted by atomic mass is 16.5. The van der Waals surface area contributed by atoms with Gasteiger partial charge < -0.3 is 10.5 Å². The predicted octanol–water partition coefficient (Wildman–Crippen LogP) is 3.06. The number of nitrogens with two attached hydrogens (primary N) is 1. The number of benzene rings is 1. The van der Waals surface area contributed by atoms with Gasteiger partial charge in [0, 0.05) is 5.54 Å². The summed E-state index contributed by atoms with van der Waals surface area (Å²) in [5.41, 5.74) is 7.85. The van der Waals surface area contributed by atoms with Gasteiger partial charge in [0.15, 0.2) is 0 Å². The molecule has 2 aliphatic rings. The summed E-state index contributed by atoms with van der Waals surface area (Å²) in [5.74, 6) is 2.39. The van der Waals surface area contributed by atoms with Crippen molar-refractivity contribution in [3.8, 4) is 5.75 Å². The molecule has 0 bridgehead atoms. The Morgan fingerprint density at radius 2 is 2.00 bits per heavy atom. The maximum atomic E-state index is 6.63. The molecule has 1 aromatic carbocycles. The second-order valence-electron chi connectivity index (χ2n) is 5.39. The molecule has 2 saturated carbocycles. The second kappa shape index (κ2) is 4.02. The summed E-state index contributed by atoms with van der Waals surface area (Å²) in [5, 5.41) is 0. The highest BCUT2D eigenvalue weighted by Crippen LogP contribution is 2.62. The molecule has 2 atom stereocenters. The van der Waals surface area contributed by atoms with E-state index >= 15 is 0 Å². The Kier molecular flexibility index (Phi) is 2.62. The van der Waals surface area contributed by atoms with Crippen molar-refractivity contribution in [1.82, 2.24) is 0 Å². The van der Waals surface area contributed by atoms with Crippen LogP contribution < -0.4 is 10.5 Å². The molecule has 3 rings (SSSR count). The van der Waals surface area contributed by atoms with Crippen LogP contribution in [0.2, 0.25) is 0 Å². The summed E-state index contributed by atoms with van der Waals surface area (Å²) < 4.78 is 5.57. The van der Waals surface area contributed by atoms with E-state index in [9.17, 15) is 0 Å². The van der Waals surface area contributed by atoms with E-state index in [1.807, 2.05) is 13.0 Å². The van der Waals surface area contributed by atoms with Gasteiger partial charge in [-0.05, 0) is 49.3 Å². The van der Waals surface area contributed by atoms with Crippen LogP contribution >= 0.6 is 0 Å². The van der Waals surface area contributed by atoms with Crippen molar-refractivity contribution in [2.24, 2.45) is 17.6 Å². The lowest BCUT2D eigenvalue weighted by molar-refractivity contribution is 0.339. The predicted molar refractivity (Wildman–Crippen MR) is 68.9 cm³/mol. The topological polar surface area (TPSA) is 35.2 Å². The summed E-state index contributed by atoms with van der Waals surface area (Å²) in [6.45, 7) is 2.73. The molecule has 1 aromatic rings. The zero-order valence-electron chi connectivity index (χ0n) is 10.5. The fourth-order valence-electron chi connectivity index (χ4n) is 3.62. The van der Waals surface area contributed by atoms with E-state index in [1.54, 1.807) is 0 Å². The molecule has 2 nitrogen and oxygen atoms in total. The number of fused-ring (bicyclic) bond motifs is 1. The molecule has 2 heteroatoms. The van der Waals surface area contributed by atoms with Gasteiger partial charge in [-0.15, -0.1) is 0 Å². The lowest BCUT2D eigenvalue weighted by Crippen LogP contribution is -2.23. The summed E-state index contributed by atoms with van der Waals surface area (Å²) in [6.07, 6.45) is 5.32. The summed E-state index contributed by atoms with van der Waals surface area (Å²) in [6, 6.07) is 8.39. The normalized spacial score (nSPS) is 35.2. The van der Waals surface area contributed by atoms with Gasteiger partial charge in [-0.1, -0.05) is 25.0 Å². The molecule has 0 amide bonds. The molecule has 0 heterocycles. The van der Waals surface area contributed by atoms with Gasteiger partial charge in [-0.3, -0.25) is 0 Å². The lowest BCUT2D eigenvalue weighted by atomic mass is 10.0. The van der Waals surface area contributed by atoms with Crippen LogP contribution in [0, 0.1) is 11.8 Å². The molecule has 0 aromatic heterocycles. The summed E-state index contributed by atoms with van der Waals surface area (Å²) in [7, 11) is 0. The largest absolute Gasteiger partial charge is 0.494 e. The zero-order chi connectivity index (χ0) is 11.9. The SMILES string of the molecule is CCOc1cccc(C2(N)C3CCCCC32)c1. The smallest absolute Gasteiger partial charge is 0.119 e. The van der Waals surface area contributed by atoms with Crippen LogP contribution in [0.25, 0.3) is 0 Å². The molecule has 0 saturated heterocycles. The minimum atomic E-state index is -0.0520. The summed E-state index contributed by atoms with van der Waals surface area (Å²) in [4.78, 5) is 0. The first-order chi connectivity index (χ1) is 8.26. The molecule has 0 aliphatic heterocycles. The van der Waals surface area contributed by atoms with E-state index in [0.29, 0.717) is 18.4 Å². The Labute approximate surface area is 103 Å². The van der Waals surface area contributed by atoms with Crippen molar-refractivity contribution in [2.45, 2.75) is 38.1 Å².